The minimum absolute atomic E-state index is 0.186. The highest BCUT2D eigenvalue weighted by atomic mass is 79.9. The molecular weight excluding hydrogens is 400 g/mol. The topological polar surface area (TPSA) is 0 Å². The molecule has 0 fully saturated rings. The summed E-state index contributed by atoms with van der Waals surface area (Å²) in [4.78, 5) is 2.59. The summed E-state index contributed by atoms with van der Waals surface area (Å²) in [5, 5.41) is 0. The predicted molar refractivity (Wildman–Crippen MR) is 120 cm³/mol. The van der Waals surface area contributed by atoms with Crippen LogP contribution in [0.1, 0.15) is 52.7 Å². The van der Waals surface area contributed by atoms with E-state index in [9.17, 15) is 0 Å². The van der Waals surface area contributed by atoms with Gasteiger partial charge in [-0.15, -0.1) is 11.3 Å². The van der Waals surface area contributed by atoms with Crippen LogP contribution in [0.25, 0.3) is 20.9 Å². The maximum absolute atomic E-state index is 3.77. The standard InChI is InChI=1S/C24H27BrS/c1-23(2,3)18-11-7-16(8-12-18)21-15-20(25)22(26-21)17-9-13-19(14-10-17)24(4,5)6/h7-15H,1-6H3. The van der Waals surface area contributed by atoms with Crippen LogP contribution in [0.3, 0.4) is 0 Å². The van der Waals surface area contributed by atoms with Crippen molar-refractivity contribution in [1.29, 1.82) is 0 Å². The number of hydrogen-bond donors (Lipinski definition) is 0. The summed E-state index contributed by atoms with van der Waals surface area (Å²) in [5.41, 5.74) is 5.66. The molecule has 2 heteroatoms. The third-order valence-corrected chi connectivity index (χ3v) is 6.86. The van der Waals surface area contributed by atoms with Gasteiger partial charge >= 0.3 is 0 Å². The zero-order valence-electron chi connectivity index (χ0n) is 16.5. The molecular formula is C24H27BrS. The van der Waals surface area contributed by atoms with Crippen LogP contribution >= 0.6 is 27.3 Å². The van der Waals surface area contributed by atoms with E-state index in [0.717, 1.165) is 0 Å². The van der Waals surface area contributed by atoms with Crippen LogP contribution in [-0.2, 0) is 10.8 Å². The van der Waals surface area contributed by atoms with Crippen molar-refractivity contribution in [2.45, 2.75) is 52.4 Å². The molecule has 0 aliphatic heterocycles. The summed E-state index contributed by atoms with van der Waals surface area (Å²) in [6, 6.07) is 20.2. The Morgan fingerprint density at radius 2 is 1.08 bits per heavy atom. The van der Waals surface area contributed by atoms with Gasteiger partial charge in [-0.2, -0.15) is 0 Å². The van der Waals surface area contributed by atoms with Crippen molar-refractivity contribution in [3.63, 3.8) is 0 Å². The molecule has 0 spiro atoms. The molecule has 0 radical (unpaired) electrons. The van der Waals surface area contributed by atoms with E-state index in [4.69, 9.17) is 0 Å². The van der Waals surface area contributed by atoms with Gasteiger partial charge in [0.05, 0.1) is 0 Å². The van der Waals surface area contributed by atoms with Crippen molar-refractivity contribution < 1.29 is 0 Å². The fourth-order valence-electron chi connectivity index (χ4n) is 2.96. The number of halogens is 1. The van der Waals surface area contributed by atoms with Gasteiger partial charge in [0.25, 0.3) is 0 Å². The third-order valence-electron chi connectivity index (χ3n) is 4.74. The molecule has 0 bridgehead atoms. The summed E-state index contributed by atoms with van der Waals surface area (Å²) >= 11 is 5.61. The smallest absolute Gasteiger partial charge is 0.0491 e. The highest BCUT2D eigenvalue weighted by molar-refractivity contribution is 9.10. The normalized spacial score (nSPS) is 12.4. The van der Waals surface area contributed by atoms with E-state index in [1.807, 2.05) is 11.3 Å². The van der Waals surface area contributed by atoms with E-state index < -0.39 is 0 Å². The lowest BCUT2D eigenvalue weighted by molar-refractivity contribution is 0.590. The minimum atomic E-state index is 0.186. The van der Waals surface area contributed by atoms with Crippen LogP contribution in [0.2, 0.25) is 0 Å². The molecule has 0 saturated heterocycles. The van der Waals surface area contributed by atoms with Gasteiger partial charge in [-0.1, -0.05) is 90.1 Å². The maximum Gasteiger partial charge on any atom is 0.0491 e. The van der Waals surface area contributed by atoms with Gasteiger partial charge in [0.1, 0.15) is 0 Å². The lowest BCUT2D eigenvalue weighted by Gasteiger charge is -2.19. The first-order valence-corrected chi connectivity index (χ1v) is 10.7. The molecule has 26 heavy (non-hydrogen) atoms. The van der Waals surface area contributed by atoms with Gasteiger partial charge in [-0.3, -0.25) is 0 Å². The molecule has 1 aromatic heterocycles. The fourth-order valence-corrected chi connectivity index (χ4v) is 4.88. The molecule has 3 rings (SSSR count). The summed E-state index contributed by atoms with van der Waals surface area (Å²) in [6.45, 7) is 13.5. The average molecular weight is 427 g/mol. The lowest BCUT2D eigenvalue weighted by atomic mass is 9.86. The molecule has 3 aromatic rings. The summed E-state index contributed by atoms with van der Waals surface area (Å²) in [5.74, 6) is 0. The summed E-state index contributed by atoms with van der Waals surface area (Å²) in [7, 11) is 0. The molecule has 0 aliphatic carbocycles. The first-order chi connectivity index (χ1) is 12.1. The zero-order valence-corrected chi connectivity index (χ0v) is 18.9. The van der Waals surface area contributed by atoms with Crippen molar-refractivity contribution in [2.24, 2.45) is 0 Å². The Kier molecular flexibility index (Phi) is 5.20. The third kappa shape index (κ3) is 4.13. The van der Waals surface area contributed by atoms with Gasteiger partial charge in [0, 0.05) is 14.2 Å². The van der Waals surface area contributed by atoms with Crippen LogP contribution in [0.4, 0.5) is 0 Å². The van der Waals surface area contributed by atoms with Crippen LogP contribution in [-0.4, -0.2) is 0 Å². The largest absolute Gasteiger partial charge is 0.134 e. The van der Waals surface area contributed by atoms with E-state index in [1.165, 1.54) is 36.5 Å². The van der Waals surface area contributed by atoms with Crippen LogP contribution in [0.15, 0.2) is 59.1 Å². The van der Waals surface area contributed by atoms with Crippen LogP contribution < -0.4 is 0 Å². The van der Waals surface area contributed by atoms with Crippen LogP contribution in [0, 0.1) is 0 Å². The fraction of sp³-hybridized carbons (Fsp3) is 0.333. The molecule has 0 aliphatic rings. The highest BCUT2D eigenvalue weighted by Crippen LogP contribution is 2.42. The van der Waals surface area contributed by atoms with Gasteiger partial charge in [0.2, 0.25) is 0 Å². The number of benzene rings is 2. The van der Waals surface area contributed by atoms with E-state index in [-0.39, 0.29) is 10.8 Å². The zero-order chi connectivity index (χ0) is 19.1. The quantitative estimate of drug-likeness (QED) is 0.385. The second-order valence-electron chi connectivity index (χ2n) is 8.94. The second-order valence-corrected chi connectivity index (χ2v) is 10.8. The Hall–Kier alpha value is -1.38. The molecule has 0 nitrogen and oxygen atoms in total. The first-order valence-electron chi connectivity index (χ1n) is 9.07. The monoisotopic (exact) mass is 426 g/mol. The van der Waals surface area contributed by atoms with E-state index in [2.05, 4.69) is 112 Å². The number of rotatable bonds is 2. The summed E-state index contributed by atoms with van der Waals surface area (Å²) < 4.78 is 1.17. The Morgan fingerprint density at radius 1 is 0.654 bits per heavy atom. The first kappa shape index (κ1) is 19.4. The second kappa shape index (κ2) is 6.98. The number of thiophene rings is 1. The lowest BCUT2D eigenvalue weighted by Crippen LogP contribution is -2.10. The predicted octanol–water partition coefficient (Wildman–Crippen LogP) is 8.44. The van der Waals surface area contributed by atoms with Crippen molar-refractivity contribution in [3.05, 3.63) is 70.2 Å². The highest BCUT2D eigenvalue weighted by Gasteiger charge is 2.16. The van der Waals surface area contributed by atoms with Gasteiger partial charge in [-0.05, 0) is 55.1 Å². The van der Waals surface area contributed by atoms with Gasteiger partial charge in [-0.25, -0.2) is 0 Å². The molecule has 0 atom stereocenters. The molecule has 1 heterocycles. The molecule has 0 amide bonds. The molecule has 0 unspecified atom stereocenters. The van der Waals surface area contributed by atoms with Gasteiger partial charge < -0.3 is 0 Å². The Morgan fingerprint density at radius 3 is 1.50 bits per heavy atom. The van der Waals surface area contributed by atoms with E-state index >= 15 is 0 Å². The van der Waals surface area contributed by atoms with Gasteiger partial charge in [0.15, 0.2) is 0 Å². The Bertz CT molecular complexity index is 885. The molecule has 2 aromatic carbocycles. The average Bonchev–Trinajstić information content (AvgIpc) is 2.95. The Labute approximate surface area is 170 Å². The SMILES string of the molecule is CC(C)(C)c1ccc(-c2cc(Br)c(-c3ccc(C(C)(C)C)cc3)s2)cc1. The van der Waals surface area contributed by atoms with Crippen molar-refractivity contribution in [1.82, 2.24) is 0 Å². The number of hydrogen-bond acceptors (Lipinski definition) is 1. The molecule has 136 valence electrons. The van der Waals surface area contributed by atoms with Crippen molar-refractivity contribution in [2.75, 3.05) is 0 Å². The summed E-state index contributed by atoms with van der Waals surface area (Å²) in [6.07, 6.45) is 0. The molecule has 0 saturated carbocycles. The van der Waals surface area contributed by atoms with Crippen LogP contribution in [0.5, 0.6) is 0 Å². The van der Waals surface area contributed by atoms with Crippen molar-refractivity contribution in [3.8, 4) is 20.9 Å². The minimum Gasteiger partial charge on any atom is -0.134 e. The maximum atomic E-state index is 3.77. The van der Waals surface area contributed by atoms with E-state index in [1.54, 1.807) is 0 Å². The van der Waals surface area contributed by atoms with E-state index in [0.29, 0.717) is 0 Å². The van der Waals surface area contributed by atoms with Crippen molar-refractivity contribution >= 4 is 27.3 Å². The Balaban J connectivity index is 1.92. The molecule has 0 N–H and O–H groups in total.